The highest BCUT2D eigenvalue weighted by Gasteiger charge is 2.35. The van der Waals surface area contributed by atoms with Gasteiger partial charge in [-0.15, -0.1) is 0 Å². The Morgan fingerprint density at radius 2 is 1.88 bits per heavy atom. The van der Waals surface area contributed by atoms with Crippen LogP contribution in [0.3, 0.4) is 0 Å². The van der Waals surface area contributed by atoms with Crippen molar-refractivity contribution in [2.45, 2.75) is 32.4 Å². The zero-order valence-corrected chi connectivity index (χ0v) is 18.6. The van der Waals surface area contributed by atoms with Gasteiger partial charge in [0.25, 0.3) is 5.91 Å². The van der Waals surface area contributed by atoms with Gasteiger partial charge in [0.05, 0.1) is 23.0 Å². The summed E-state index contributed by atoms with van der Waals surface area (Å²) in [7, 11) is -3.21. The summed E-state index contributed by atoms with van der Waals surface area (Å²) < 4.78 is 35.0. The van der Waals surface area contributed by atoms with Crippen LogP contribution in [-0.2, 0) is 21.2 Å². The van der Waals surface area contributed by atoms with E-state index in [0.29, 0.717) is 13.0 Å². The first-order valence-electron chi connectivity index (χ1n) is 10.4. The zero-order valence-electron chi connectivity index (χ0n) is 17.8. The van der Waals surface area contributed by atoms with Crippen LogP contribution in [0, 0.1) is 10.1 Å². The quantitative estimate of drug-likeness (QED) is 0.394. The monoisotopic (exact) mass is 462 g/mol. The lowest BCUT2D eigenvalue weighted by molar-refractivity contribution is -0.385. The highest BCUT2D eigenvalue weighted by molar-refractivity contribution is 7.91. The van der Waals surface area contributed by atoms with Crippen molar-refractivity contribution in [3.8, 4) is 11.5 Å². The topological polar surface area (TPSA) is 116 Å². The molecule has 0 bridgehead atoms. The van der Waals surface area contributed by atoms with Crippen LogP contribution in [0.15, 0.2) is 48.5 Å². The minimum absolute atomic E-state index is 0.0118. The largest absolute Gasteiger partial charge is 0.494 e. The summed E-state index contributed by atoms with van der Waals surface area (Å²) in [6.45, 7) is 2.39. The molecule has 1 heterocycles. The number of nitro benzene ring substituents is 1. The van der Waals surface area contributed by atoms with E-state index in [2.05, 4.69) is 0 Å². The SMILES string of the molecule is CCCOc1ccc(CN(C(=O)COc2ccccc2[N+](=O)[O-])C2CCS(=O)(=O)C2)cc1. The number of hydrogen-bond donors (Lipinski definition) is 0. The number of hydrogen-bond acceptors (Lipinski definition) is 7. The third-order valence-electron chi connectivity index (χ3n) is 5.13. The molecule has 172 valence electrons. The summed E-state index contributed by atoms with van der Waals surface area (Å²) in [5.41, 5.74) is 0.579. The van der Waals surface area contributed by atoms with Gasteiger partial charge in [-0.3, -0.25) is 14.9 Å². The Balaban J connectivity index is 1.74. The number of para-hydroxylation sites is 2. The van der Waals surface area contributed by atoms with Crippen molar-refractivity contribution < 1.29 is 27.6 Å². The van der Waals surface area contributed by atoms with E-state index in [0.717, 1.165) is 17.7 Å². The molecule has 3 rings (SSSR count). The van der Waals surface area contributed by atoms with E-state index in [4.69, 9.17) is 9.47 Å². The molecule has 1 amide bonds. The lowest BCUT2D eigenvalue weighted by atomic mass is 10.1. The van der Waals surface area contributed by atoms with Gasteiger partial charge in [0.2, 0.25) is 0 Å². The molecule has 0 aliphatic carbocycles. The summed E-state index contributed by atoms with van der Waals surface area (Å²) >= 11 is 0. The van der Waals surface area contributed by atoms with Gasteiger partial charge in [0, 0.05) is 18.7 Å². The van der Waals surface area contributed by atoms with Gasteiger partial charge < -0.3 is 14.4 Å². The third-order valence-corrected chi connectivity index (χ3v) is 6.88. The molecule has 0 spiro atoms. The van der Waals surface area contributed by atoms with E-state index in [1.807, 2.05) is 31.2 Å². The standard InChI is InChI=1S/C22H26N2O7S/c1-2-12-30-19-9-7-17(8-10-19)14-23(18-11-13-32(28,29)16-18)22(25)15-31-21-6-4-3-5-20(21)24(26)27/h3-10,18H,2,11-16H2,1H3. The van der Waals surface area contributed by atoms with Crippen LogP contribution >= 0.6 is 0 Å². The third kappa shape index (κ3) is 6.19. The minimum atomic E-state index is -3.21. The van der Waals surface area contributed by atoms with Crippen LogP contribution < -0.4 is 9.47 Å². The summed E-state index contributed by atoms with van der Waals surface area (Å²) in [4.78, 5) is 25.1. The molecule has 1 atom stereocenters. The molecule has 0 saturated carbocycles. The fourth-order valence-corrected chi connectivity index (χ4v) is 5.23. The number of sulfone groups is 1. The van der Waals surface area contributed by atoms with Crippen molar-refractivity contribution in [1.82, 2.24) is 4.90 Å². The number of carbonyl (C=O) groups excluding carboxylic acids is 1. The first-order chi connectivity index (χ1) is 15.3. The Labute approximate surface area is 187 Å². The number of amides is 1. The van der Waals surface area contributed by atoms with Crippen LogP contribution in [0.25, 0.3) is 0 Å². The molecule has 0 aromatic heterocycles. The molecule has 1 aliphatic rings. The van der Waals surface area contributed by atoms with Crippen LogP contribution in [-0.4, -0.2) is 54.9 Å². The molecule has 32 heavy (non-hydrogen) atoms. The van der Waals surface area contributed by atoms with E-state index in [-0.39, 0.29) is 29.5 Å². The van der Waals surface area contributed by atoms with Crippen molar-refractivity contribution in [1.29, 1.82) is 0 Å². The highest BCUT2D eigenvalue weighted by atomic mass is 32.2. The Hall–Kier alpha value is -3.14. The molecule has 0 radical (unpaired) electrons. The van der Waals surface area contributed by atoms with Crippen molar-refractivity contribution in [2.24, 2.45) is 0 Å². The van der Waals surface area contributed by atoms with Crippen molar-refractivity contribution in [3.63, 3.8) is 0 Å². The second kappa shape index (κ2) is 10.4. The van der Waals surface area contributed by atoms with E-state index in [9.17, 15) is 23.3 Å². The Kier molecular flexibility index (Phi) is 7.68. The molecule has 1 fully saturated rings. The normalized spacial score (nSPS) is 17.0. The molecular weight excluding hydrogens is 436 g/mol. The zero-order chi connectivity index (χ0) is 23.1. The molecule has 1 aliphatic heterocycles. The number of benzene rings is 2. The molecular formula is C22H26N2O7S. The van der Waals surface area contributed by atoms with Crippen molar-refractivity contribution >= 4 is 21.4 Å². The first-order valence-corrected chi connectivity index (χ1v) is 12.2. The number of rotatable bonds is 10. The van der Waals surface area contributed by atoms with Gasteiger partial charge >= 0.3 is 5.69 Å². The maximum Gasteiger partial charge on any atom is 0.310 e. The Morgan fingerprint density at radius 3 is 2.50 bits per heavy atom. The number of nitro groups is 1. The summed E-state index contributed by atoms with van der Waals surface area (Å²) in [5.74, 6) is 0.188. The molecule has 2 aromatic rings. The molecule has 1 unspecified atom stereocenters. The second-order valence-corrected chi connectivity index (χ2v) is 9.81. The fraction of sp³-hybridized carbons (Fsp3) is 0.409. The van der Waals surface area contributed by atoms with Gasteiger partial charge in [0.1, 0.15) is 5.75 Å². The lowest BCUT2D eigenvalue weighted by Gasteiger charge is -2.28. The number of ether oxygens (including phenoxy) is 2. The second-order valence-electron chi connectivity index (χ2n) is 7.58. The van der Waals surface area contributed by atoms with Crippen LogP contribution in [0.4, 0.5) is 5.69 Å². The lowest BCUT2D eigenvalue weighted by Crippen LogP contribution is -2.43. The fourth-order valence-electron chi connectivity index (χ4n) is 3.50. The molecule has 2 aromatic carbocycles. The molecule has 9 nitrogen and oxygen atoms in total. The van der Waals surface area contributed by atoms with Crippen LogP contribution in [0.2, 0.25) is 0 Å². The average Bonchev–Trinajstić information content (AvgIpc) is 3.14. The number of carbonyl (C=O) groups is 1. The Morgan fingerprint density at radius 1 is 1.16 bits per heavy atom. The van der Waals surface area contributed by atoms with E-state index in [1.165, 1.54) is 23.1 Å². The smallest absolute Gasteiger partial charge is 0.310 e. The minimum Gasteiger partial charge on any atom is -0.494 e. The van der Waals surface area contributed by atoms with Gasteiger partial charge in [-0.1, -0.05) is 31.2 Å². The summed E-state index contributed by atoms with van der Waals surface area (Å²) in [6.07, 6.45) is 1.23. The van der Waals surface area contributed by atoms with E-state index < -0.39 is 33.3 Å². The average molecular weight is 463 g/mol. The van der Waals surface area contributed by atoms with Gasteiger partial charge in [-0.05, 0) is 36.6 Å². The Bertz CT molecular complexity index is 1050. The van der Waals surface area contributed by atoms with Gasteiger partial charge in [0.15, 0.2) is 22.2 Å². The molecule has 0 N–H and O–H groups in total. The van der Waals surface area contributed by atoms with Crippen molar-refractivity contribution in [2.75, 3.05) is 24.7 Å². The van der Waals surface area contributed by atoms with Gasteiger partial charge in [-0.2, -0.15) is 0 Å². The first kappa shape index (κ1) is 23.5. The number of nitrogens with zero attached hydrogens (tertiary/aromatic N) is 2. The molecule has 10 heteroatoms. The van der Waals surface area contributed by atoms with Crippen LogP contribution in [0.1, 0.15) is 25.3 Å². The van der Waals surface area contributed by atoms with Gasteiger partial charge in [-0.25, -0.2) is 8.42 Å². The van der Waals surface area contributed by atoms with E-state index >= 15 is 0 Å². The van der Waals surface area contributed by atoms with E-state index in [1.54, 1.807) is 6.07 Å². The van der Waals surface area contributed by atoms with Crippen molar-refractivity contribution in [3.05, 3.63) is 64.2 Å². The summed E-state index contributed by atoms with van der Waals surface area (Å²) in [5, 5.41) is 11.2. The molecule has 1 saturated heterocycles. The maximum absolute atomic E-state index is 13.0. The predicted octanol–water partition coefficient (Wildman–Crippen LogP) is 2.98. The summed E-state index contributed by atoms with van der Waals surface area (Å²) in [6, 6.07) is 12.6. The highest BCUT2D eigenvalue weighted by Crippen LogP contribution is 2.26. The predicted molar refractivity (Wildman–Crippen MR) is 118 cm³/mol. The maximum atomic E-state index is 13.0. The van der Waals surface area contributed by atoms with Crippen LogP contribution in [0.5, 0.6) is 11.5 Å².